The van der Waals surface area contributed by atoms with Gasteiger partial charge in [0.1, 0.15) is 11.7 Å². The molecule has 6 heteroatoms. The van der Waals surface area contributed by atoms with Crippen molar-refractivity contribution in [1.29, 1.82) is 0 Å². The number of halogens is 2. The molecule has 2 amide bonds. The molecule has 2 atom stereocenters. The number of nitrogens with zero attached hydrogens (tertiary/aromatic N) is 2. The first-order valence-electron chi connectivity index (χ1n) is 9.17. The Hall–Kier alpha value is -2.21. The monoisotopic (exact) mass is 430 g/mol. The molecule has 0 aromatic heterocycles. The van der Waals surface area contributed by atoms with Crippen LogP contribution in [0.2, 0.25) is 0 Å². The summed E-state index contributed by atoms with van der Waals surface area (Å²) in [6.07, 6.45) is 2.26. The molecule has 2 unspecified atom stereocenters. The molecule has 2 aliphatic heterocycles. The molecule has 0 spiro atoms. The maximum Gasteiger partial charge on any atom is 0.239 e. The minimum absolute atomic E-state index is 0.0779. The highest BCUT2D eigenvalue weighted by Gasteiger charge is 2.42. The summed E-state index contributed by atoms with van der Waals surface area (Å²) in [5.41, 5.74) is 1.73. The summed E-state index contributed by atoms with van der Waals surface area (Å²) in [7, 11) is 0. The van der Waals surface area contributed by atoms with Crippen LogP contribution in [0.3, 0.4) is 0 Å². The van der Waals surface area contributed by atoms with E-state index >= 15 is 0 Å². The van der Waals surface area contributed by atoms with Gasteiger partial charge < -0.3 is 9.80 Å². The number of rotatable bonds is 3. The zero-order valence-corrected chi connectivity index (χ0v) is 16.4. The van der Waals surface area contributed by atoms with Crippen molar-refractivity contribution in [2.24, 2.45) is 5.92 Å². The van der Waals surface area contributed by atoms with Gasteiger partial charge >= 0.3 is 0 Å². The van der Waals surface area contributed by atoms with E-state index in [0.717, 1.165) is 28.6 Å². The Morgan fingerprint density at radius 1 is 1.07 bits per heavy atom. The van der Waals surface area contributed by atoms with Crippen LogP contribution in [0.1, 0.15) is 30.9 Å². The van der Waals surface area contributed by atoms with Crippen LogP contribution in [0.5, 0.6) is 0 Å². The second-order valence-corrected chi connectivity index (χ2v) is 7.97. The van der Waals surface area contributed by atoms with E-state index in [9.17, 15) is 14.0 Å². The molecule has 0 bridgehead atoms. The minimum Gasteiger partial charge on any atom is -0.335 e. The Kier molecular flexibility index (Phi) is 5.00. The first kappa shape index (κ1) is 18.2. The number of amides is 2. The van der Waals surface area contributed by atoms with E-state index < -0.39 is 5.92 Å². The van der Waals surface area contributed by atoms with Crippen LogP contribution in [-0.2, 0) is 9.59 Å². The number of likely N-dealkylation sites (tertiary alicyclic amines) is 1. The second kappa shape index (κ2) is 7.43. The van der Waals surface area contributed by atoms with Gasteiger partial charge in [-0.1, -0.05) is 34.1 Å². The third-order valence-electron chi connectivity index (χ3n) is 5.41. The maximum absolute atomic E-state index is 13.2. The molecule has 2 aliphatic rings. The smallest absolute Gasteiger partial charge is 0.239 e. The SMILES string of the molecule is O=C1C(C(=O)N2CCCC2c2ccc(F)cc2)CCN1c1cccc(Br)c1. The van der Waals surface area contributed by atoms with Crippen molar-refractivity contribution in [3.8, 4) is 0 Å². The average molecular weight is 431 g/mol. The number of carbonyl (C=O) groups is 2. The molecule has 0 radical (unpaired) electrons. The Morgan fingerprint density at radius 3 is 2.59 bits per heavy atom. The van der Waals surface area contributed by atoms with Gasteiger partial charge in [-0.25, -0.2) is 4.39 Å². The van der Waals surface area contributed by atoms with Crippen molar-refractivity contribution in [2.75, 3.05) is 18.0 Å². The fourth-order valence-electron chi connectivity index (χ4n) is 4.07. The van der Waals surface area contributed by atoms with Gasteiger partial charge in [-0.15, -0.1) is 0 Å². The molecule has 2 aromatic rings. The van der Waals surface area contributed by atoms with E-state index in [-0.39, 0.29) is 23.7 Å². The normalized spacial score (nSPS) is 22.5. The lowest BCUT2D eigenvalue weighted by Crippen LogP contribution is -2.39. The first-order chi connectivity index (χ1) is 13.0. The maximum atomic E-state index is 13.2. The molecule has 2 aromatic carbocycles. The average Bonchev–Trinajstić information content (AvgIpc) is 3.29. The fourth-order valence-corrected chi connectivity index (χ4v) is 4.46. The molecule has 140 valence electrons. The Morgan fingerprint density at radius 2 is 1.85 bits per heavy atom. The highest BCUT2D eigenvalue weighted by molar-refractivity contribution is 9.10. The van der Waals surface area contributed by atoms with Gasteiger partial charge in [0.05, 0.1) is 6.04 Å². The van der Waals surface area contributed by atoms with Crippen LogP contribution in [-0.4, -0.2) is 29.8 Å². The minimum atomic E-state index is -0.634. The molecule has 0 aliphatic carbocycles. The van der Waals surface area contributed by atoms with Crippen LogP contribution >= 0.6 is 15.9 Å². The summed E-state index contributed by atoms with van der Waals surface area (Å²) in [5.74, 6) is -1.16. The number of hydrogen-bond donors (Lipinski definition) is 0. The first-order valence-corrected chi connectivity index (χ1v) is 9.97. The molecular weight excluding hydrogens is 411 g/mol. The lowest BCUT2D eigenvalue weighted by atomic mass is 10.0. The highest BCUT2D eigenvalue weighted by atomic mass is 79.9. The second-order valence-electron chi connectivity index (χ2n) is 7.05. The van der Waals surface area contributed by atoms with E-state index in [4.69, 9.17) is 0 Å². The Balaban J connectivity index is 1.52. The third-order valence-corrected chi connectivity index (χ3v) is 5.91. The van der Waals surface area contributed by atoms with E-state index in [1.54, 1.807) is 21.9 Å². The zero-order valence-electron chi connectivity index (χ0n) is 14.8. The standard InChI is InChI=1S/C21H20BrFN2O2/c22-15-3-1-4-17(13-15)24-12-10-18(20(24)26)21(27)25-11-2-5-19(25)14-6-8-16(23)9-7-14/h1,3-4,6-9,13,18-19H,2,5,10-12H2. The van der Waals surface area contributed by atoms with Gasteiger partial charge in [-0.05, 0) is 55.2 Å². The van der Waals surface area contributed by atoms with E-state index in [0.29, 0.717) is 19.5 Å². The number of hydrogen-bond acceptors (Lipinski definition) is 2. The predicted octanol–water partition coefficient (Wildman–Crippen LogP) is 4.30. The summed E-state index contributed by atoms with van der Waals surface area (Å²) in [4.78, 5) is 29.6. The van der Waals surface area contributed by atoms with Gasteiger partial charge in [0.2, 0.25) is 11.8 Å². The number of benzene rings is 2. The van der Waals surface area contributed by atoms with Gasteiger partial charge in [0.15, 0.2) is 0 Å². The van der Waals surface area contributed by atoms with Crippen LogP contribution in [0.25, 0.3) is 0 Å². The van der Waals surface area contributed by atoms with Crippen molar-refractivity contribution >= 4 is 33.4 Å². The van der Waals surface area contributed by atoms with Crippen molar-refractivity contribution in [3.05, 3.63) is 64.4 Å². The molecule has 27 heavy (non-hydrogen) atoms. The number of anilines is 1. The zero-order chi connectivity index (χ0) is 19.0. The quantitative estimate of drug-likeness (QED) is 0.680. The summed E-state index contributed by atoms with van der Waals surface area (Å²) < 4.78 is 14.1. The van der Waals surface area contributed by atoms with Gasteiger partial charge in [-0.3, -0.25) is 9.59 Å². The Labute approximate surface area is 166 Å². The van der Waals surface area contributed by atoms with Crippen molar-refractivity contribution in [3.63, 3.8) is 0 Å². The van der Waals surface area contributed by atoms with E-state index in [2.05, 4.69) is 15.9 Å². The van der Waals surface area contributed by atoms with E-state index in [1.807, 2.05) is 24.3 Å². The van der Waals surface area contributed by atoms with Gasteiger partial charge in [0, 0.05) is 23.2 Å². The molecule has 4 rings (SSSR count). The summed E-state index contributed by atoms with van der Waals surface area (Å²) >= 11 is 3.43. The molecule has 0 N–H and O–H groups in total. The van der Waals surface area contributed by atoms with Crippen molar-refractivity contribution in [2.45, 2.75) is 25.3 Å². The third kappa shape index (κ3) is 3.50. The van der Waals surface area contributed by atoms with Crippen LogP contribution in [0, 0.1) is 11.7 Å². The van der Waals surface area contributed by atoms with Crippen LogP contribution in [0.15, 0.2) is 53.0 Å². The van der Waals surface area contributed by atoms with Crippen LogP contribution < -0.4 is 4.90 Å². The lowest BCUT2D eigenvalue weighted by molar-refractivity contribution is -0.140. The predicted molar refractivity (Wildman–Crippen MR) is 105 cm³/mol. The van der Waals surface area contributed by atoms with Gasteiger partial charge in [-0.2, -0.15) is 0 Å². The van der Waals surface area contributed by atoms with Gasteiger partial charge in [0.25, 0.3) is 0 Å². The lowest BCUT2D eigenvalue weighted by Gasteiger charge is -2.27. The largest absolute Gasteiger partial charge is 0.335 e. The van der Waals surface area contributed by atoms with E-state index in [1.165, 1.54) is 12.1 Å². The molecule has 2 fully saturated rings. The van der Waals surface area contributed by atoms with Crippen molar-refractivity contribution in [1.82, 2.24) is 4.90 Å². The molecule has 4 nitrogen and oxygen atoms in total. The fraction of sp³-hybridized carbons (Fsp3) is 0.333. The molecule has 2 heterocycles. The van der Waals surface area contributed by atoms with Crippen LogP contribution in [0.4, 0.5) is 10.1 Å². The summed E-state index contributed by atoms with van der Waals surface area (Å²) in [6, 6.07) is 13.8. The Bertz CT molecular complexity index is 871. The summed E-state index contributed by atoms with van der Waals surface area (Å²) in [5, 5.41) is 0. The molecule has 2 saturated heterocycles. The topological polar surface area (TPSA) is 40.6 Å². The van der Waals surface area contributed by atoms with Crippen molar-refractivity contribution < 1.29 is 14.0 Å². The number of carbonyl (C=O) groups excluding carboxylic acids is 2. The summed E-state index contributed by atoms with van der Waals surface area (Å²) in [6.45, 7) is 1.18. The highest BCUT2D eigenvalue weighted by Crippen LogP contribution is 2.36. The molecule has 0 saturated carbocycles. The molecular formula is C21H20BrFN2O2.